The van der Waals surface area contributed by atoms with Crippen molar-refractivity contribution in [1.29, 1.82) is 0 Å². The summed E-state index contributed by atoms with van der Waals surface area (Å²) in [6.07, 6.45) is 3.90. The molecule has 1 fully saturated rings. The van der Waals surface area contributed by atoms with E-state index in [4.69, 9.17) is 0 Å². The van der Waals surface area contributed by atoms with Crippen LogP contribution in [0.25, 0.3) is 10.9 Å². The van der Waals surface area contributed by atoms with Crippen LogP contribution in [0.1, 0.15) is 37.0 Å². The van der Waals surface area contributed by atoms with Gasteiger partial charge in [0.2, 0.25) is 5.91 Å². The van der Waals surface area contributed by atoms with Crippen LogP contribution in [0.3, 0.4) is 0 Å². The zero-order valence-electron chi connectivity index (χ0n) is 20.1. The SMILES string of the molecule is CCN(CC)CC1CCN(C(=O)CN(C(=O)c2ccc3cc[nH]c3c2)c2ccccc2)CC1.Cl. The van der Waals surface area contributed by atoms with Crippen LogP contribution in [-0.4, -0.2) is 65.9 Å². The second kappa shape index (κ2) is 12.0. The summed E-state index contributed by atoms with van der Waals surface area (Å²) >= 11 is 0. The number of carbonyl (C=O) groups is 2. The second-order valence-corrected chi connectivity index (χ2v) is 8.82. The number of likely N-dealkylation sites (tertiary alicyclic amines) is 1. The number of para-hydroxylation sites is 1. The van der Waals surface area contributed by atoms with Crippen LogP contribution >= 0.6 is 12.4 Å². The molecule has 1 aliphatic heterocycles. The summed E-state index contributed by atoms with van der Waals surface area (Å²) < 4.78 is 0. The minimum absolute atomic E-state index is 0. The number of piperidine rings is 1. The number of benzene rings is 2. The third kappa shape index (κ3) is 5.99. The number of nitrogens with zero attached hydrogens (tertiary/aromatic N) is 3. The van der Waals surface area contributed by atoms with Crippen LogP contribution in [-0.2, 0) is 4.79 Å². The van der Waals surface area contributed by atoms with Gasteiger partial charge in [-0.3, -0.25) is 14.5 Å². The van der Waals surface area contributed by atoms with E-state index < -0.39 is 0 Å². The molecule has 2 amide bonds. The molecule has 182 valence electrons. The Morgan fingerprint density at radius 2 is 1.71 bits per heavy atom. The van der Waals surface area contributed by atoms with Crippen molar-refractivity contribution in [2.75, 3.05) is 44.2 Å². The molecule has 0 radical (unpaired) electrons. The predicted molar refractivity (Wildman–Crippen MR) is 141 cm³/mol. The molecule has 0 aliphatic carbocycles. The number of aromatic nitrogens is 1. The summed E-state index contributed by atoms with van der Waals surface area (Å²) in [5.74, 6) is 0.477. The molecule has 6 nitrogen and oxygen atoms in total. The quantitative estimate of drug-likeness (QED) is 0.501. The monoisotopic (exact) mass is 482 g/mol. The van der Waals surface area contributed by atoms with Gasteiger partial charge in [-0.15, -0.1) is 12.4 Å². The Kier molecular flexibility index (Phi) is 9.13. The average Bonchev–Trinajstić information content (AvgIpc) is 3.34. The molecule has 7 heteroatoms. The number of anilines is 1. The van der Waals surface area contributed by atoms with E-state index in [0.717, 1.165) is 62.2 Å². The Labute approximate surface area is 208 Å². The van der Waals surface area contributed by atoms with Crippen molar-refractivity contribution in [3.05, 3.63) is 66.4 Å². The van der Waals surface area contributed by atoms with E-state index in [2.05, 4.69) is 23.7 Å². The van der Waals surface area contributed by atoms with Gasteiger partial charge in [0.25, 0.3) is 5.91 Å². The van der Waals surface area contributed by atoms with Crippen molar-refractivity contribution in [3.63, 3.8) is 0 Å². The number of rotatable bonds is 8. The van der Waals surface area contributed by atoms with Crippen molar-refractivity contribution in [3.8, 4) is 0 Å². The van der Waals surface area contributed by atoms with Crippen LogP contribution in [0.15, 0.2) is 60.8 Å². The zero-order valence-corrected chi connectivity index (χ0v) is 20.9. The first-order valence-corrected chi connectivity index (χ1v) is 12.0. The topological polar surface area (TPSA) is 59.6 Å². The normalized spacial score (nSPS) is 14.3. The van der Waals surface area contributed by atoms with Crippen molar-refractivity contribution in [1.82, 2.24) is 14.8 Å². The third-order valence-electron chi connectivity index (χ3n) is 6.79. The summed E-state index contributed by atoms with van der Waals surface area (Å²) in [7, 11) is 0. The zero-order chi connectivity index (χ0) is 23.2. The largest absolute Gasteiger partial charge is 0.361 e. The Morgan fingerprint density at radius 3 is 2.38 bits per heavy atom. The number of amides is 2. The Balaban J connectivity index is 0.00000324. The van der Waals surface area contributed by atoms with Crippen molar-refractivity contribution in [2.24, 2.45) is 5.92 Å². The Morgan fingerprint density at radius 1 is 1.00 bits per heavy atom. The second-order valence-electron chi connectivity index (χ2n) is 8.82. The molecular formula is C27H35ClN4O2. The highest BCUT2D eigenvalue weighted by molar-refractivity contribution is 6.10. The molecule has 0 unspecified atom stereocenters. The summed E-state index contributed by atoms with van der Waals surface area (Å²) in [5.41, 5.74) is 2.22. The minimum Gasteiger partial charge on any atom is -0.361 e. The van der Waals surface area contributed by atoms with Gasteiger partial charge in [-0.05, 0) is 67.6 Å². The number of hydrogen-bond acceptors (Lipinski definition) is 3. The van der Waals surface area contributed by atoms with Gasteiger partial charge in [-0.25, -0.2) is 0 Å². The number of H-pyrrole nitrogens is 1. The number of halogens is 1. The van der Waals surface area contributed by atoms with Gasteiger partial charge in [-0.1, -0.05) is 38.1 Å². The van der Waals surface area contributed by atoms with Crippen LogP contribution < -0.4 is 4.90 Å². The first-order valence-electron chi connectivity index (χ1n) is 12.0. The van der Waals surface area contributed by atoms with Gasteiger partial charge < -0.3 is 14.8 Å². The lowest BCUT2D eigenvalue weighted by atomic mass is 9.96. The molecule has 4 rings (SSSR count). The van der Waals surface area contributed by atoms with Gasteiger partial charge >= 0.3 is 0 Å². The molecule has 1 aromatic heterocycles. The molecule has 34 heavy (non-hydrogen) atoms. The third-order valence-corrected chi connectivity index (χ3v) is 6.79. The lowest BCUT2D eigenvalue weighted by Crippen LogP contribution is -2.47. The maximum absolute atomic E-state index is 13.5. The fourth-order valence-corrected chi connectivity index (χ4v) is 4.67. The molecule has 2 heterocycles. The molecule has 1 saturated heterocycles. The Hall–Kier alpha value is -2.83. The summed E-state index contributed by atoms with van der Waals surface area (Å²) in [6, 6.07) is 17.1. The van der Waals surface area contributed by atoms with Crippen LogP contribution in [0, 0.1) is 5.92 Å². The van der Waals surface area contributed by atoms with Gasteiger partial charge in [0.15, 0.2) is 0 Å². The van der Waals surface area contributed by atoms with E-state index in [0.29, 0.717) is 11.5 Å². The summed E-state index contributed by atoms with van der Waals surface area (Å²) in [4.78, 5) is 35.9. The molecule has 0 spiro atoms. The standard InChI is InChI=1S/C27H34N4O2.ClH/c1-3-29(4-2)19-21-13-16-30(17-14-21)26(32)20-31(24-8-6-5-7-9-24)27(33)23-11-10-22-12-15-28-25(22)18-23;/h5-12,15,18,21,28H,3-4,13-14,16-17,19-20H2,1-2H3;1H. The Bertz CT molecular complexity index is 1070. The summed E-state index contributed by atoms with van der Waals surface area (Å²) in [6.45, 7) is 9.20. The van der Waals surface area contributed by atoms with Crippen LogP contribution in [0.2, 0.25) is 0 Å². The maximum Gasteiger partial charge on any atom is 0.258 e. The predicted octanol–water partition coefficient (Wildman–Crippen LogP) is 4.82. The van der Waals surface area contributed by atoms with Gasteiger partial charge in [0, 0.05) is 42.6 Å². The molecule has 2 aromatic carbocycles. The van der Waals surface area contributed by atoms with Crippen molar-refractivity contribution in [2.45, 2.75) is 26.7 Å². The van der Waals surface area contributed by atoms with Gasteiger partial charge in [0.1, 0.15) is 6.54 Å². The highest BCUT2D eigenvalue weighted by atomic mass is 35.5. The molecular weight excluding hydrogens is 448 g/mol. The van der Waals surface area contributed by atoms with E-state index in [-0.39, 0.29) is 30.8 Å². The molecule has 1 N–H and O–H groups in total. The number of fused-ring (bicyclic) bond motifs is 1. The fraction of sp³-hybridized carbons (Fsp3) is 0.407. The molecule has 0 bridgehead atoms. The van der Waals surface area contributed by atoms with E-state index in [1.54, 1.807) is 4.90 Å². The van der Waals surface area contributed by atoms with E-state index >= 15 is 0 Å². The highest BCUT2D eigenvalue weighted by Crippen LogP contribution is 2.22. The number of hydrogen-bond donors (Lipinski definition) is 1. The van der Waals surface area contributed by atoms with E-state index in [1.807, 2.05) is 65.7 Å². The lowest BCUT2D eigenvalue weighted by Gasteiger charge is -2.35. The number of carbonyl (C=O) groups excluding carboxylic acids is 2. The summed E-state index contributed by atoms with van der Waals surface area (Å²) in [5, 5.41) is 1.06. The van der Waals surface area contributed by atoms with E-state index in [9.17, 15) is 9.59 Å². The average molecular weight is 483 g/mol. The maximum atomic E-state index is 13.5. The smallest absolute Gasteiger partial charge is 0.258 e. The number of nitrogens with one attached hydrogen (secondary N) is 1. The molecule has 0 atom stereocenters. The van der Waals surface area contributed by atoms with Crippen molar-refractivity contribution < 1.29 is 9.59 Å². The van der Waals surface area contributed by atoms with E-state index in [1.165, 1.54) is 0 Å². The molecule has 0 saturated carbocycles. The van der Waals surface area contributed by atoms with Crippen molar-refractivity contribution >= 4 is 40.8 Å². The first-order chi connectivity index (χ1) is 16.1. The number of aromatic amines is 1. The first kappa shape index (κ1) is 25.8. The van der Waals surface area contributed by atoms with Gasteiger partial charge in [-0.2, -0.15) is 0 Å². The molecule has 3 aromatic rings. The van der Waals surface area contributed by atoms with Crippen LogP contribution in [0.4, 0.5) is 5.69 Å². The fourth-order valence-electron chi connectivity index (χ4n) is 4.67. The highest BCUT2D eigenvalue weighted by Gasteiger charge is 2.27. The lowest BCUT2D eigenvalue weighted by molar-refractivity contribution is -0.131. The van der Waals surface area contributed by atoms with Crippen LogP contribution in [0.5, 0.6) is 0 Å². The molecule has 1 aliphatic rings. The minimum atomic E-state index is -0.164. The van der Waals surface area contributed by atoms with Gasteiger partial charge in [0.05, 0.1) is 0 Å².